The lowest BCUT2D eigenvalue weighted by molar-refractivity contribution is -0.149. The lowest BCUT2D eigenvalue weighted by Crippen LogP contribution is -2.35. The molecule has 0 amide bonds. The van der Waals surface area contributed by atoms with Gasteiger partial charge in [-0.25, -0.2) is 9.98 Å². The quantitative estimate of drug-likeness (QED) is 0.312. The standard InChI is InChI=1S/C24H22N2O2S/c1-2-28-22(27)24(15-9-10-16-24)20-17-29-23(25-20)26-21(18-11-5-3-6-12-18)19-13-7-4-8-14-19/h3-14,17H,2,15-16H2,1H3. The topological polar surface area (TPSA) is 51.5 Å². The fourth-order valence-corrected chi connectivity index (χ4v) is 4.31. The SMILES string of the molecule is CCOC(=O)C1(c2csc(N=C(c3ccccc3)c3ccccc3)n2)CC=CC1. The molecule has 3 aromatic rings. The maximum atomic E-state index is 12.7. The first-order chi connectivity index (χ1) is 14.2. The van der Waals surface area contributed by atoms with Crippen LogP contribution in [0.3, 0.4) is 0 Å². The third-order valence-electron chi connectivity index (χ3n) is 5.05. The maximum absolute atomic E-state index is 12.7. The van der Waals surface area contributed by atoms with Crippen molar-refractivity contribution in [2.24, 2.45) is 4.99 Å². The van der Waals surface area contributed by atoms with Crippen molar-refractivity contribution in [3.8, 4) is 0 Å². The first-order valence-corrected chi connectivity index (χ1v) is 10.6. The third-order valence-corrected chi connectivity index (χ3v) is 5.78. The zero-order valence-electron chi connectivity index (χ0n) is 16.2. The Kier molecular flexibility index (Phi) is 5.67. The Hall–Kier alpha value is -3.05. The smallest absolute Gasteiger partial charge is 0.318 e. The molecule has 0 saturated heterocycles. The molecule has 29 heavy (non-hydrogen) atoms. The fraction of sp³-hybridized carbons (Fsp3) is 0.208. The van der Waals surface area contributed by atoms with Crippen molar-refractivity contribution in [1.82, 2.24) is 4.98 Å². The van der Waals surface area contributed by atoms with E-state index in [0.717, 1.165) is 22.5 Å². The van der Waals surface area contributed by atoms with Crippen LogP contribution in [-0.4, -0.2) is 23.3 Å². The normalized spacial score (nSPS) is 14.5. The Bertz CT molecular complexity index is 990. The van der Waals surface area contributed by atoms with E-state index in [2.05, 4.69) is 0 Å². The molecule has 4 rings (SSSR count). The number of hydrogen-bond acceptors (Lipinski definition) is 5. The van der Waals surface area contributed by atoms with Crippen molar-refractivity contribution in [1.29, 1.82) is 0 Å². The highest BCUT2D eigenvalue weighted by atomic mass is 32.1. The third kappa shape index (κ3) is 3.91. The second-order valence-electron chi connectivity index (χ2n) is 6.89. The zero-order valence-corrected chi connectivity index (χ0v) is 17.1. The summed E-state index contributed by atoms with van der Waals surface area (Å²) in [6.07, 6.45) is 5.28. The van der Waals surface area contributed by atoms with Gasteiger partial charge in [0.1, 0.15) is 5.41 Å². The number of carbonyl (C=O) groups is 1. The van der Waals surface area contributed by atoms with Crippen LogP contribution in [0, 0.1) is 0 Å². The highest BCUT2D eigenvalue weighted by molar-refractivity contribution is 7.13. The van der Waals surface area contributed by atoms with Gasteiger partial charge in [-0.3, -0.25) is 4.79 Å². The number of aromatic nitrogens is 1. The van der Waals surface area contributed by atoms with Crippen LogP contribution in [0.2, 0.25) is 0 Å². The number of ether oxygens (including phenoxy) is 1. The van der Waals surface area contributed by atoms with Gasteiger partial charge in [-0.15, -0.1) is 11.3 Å². The van der Waals surface area contributed by atoms with Gasteiger partial charge in [0.25, 0.3) is 0 Å². The number of allylic oxidation sites excluding steroid dienone is 2. The second kappa shape index (κ2) is 8.53. The molecule has 1 aliphatic rings. The number of hydrogen-bond donors (Lipinski definition) is 0. The molecule has 146 valence electrons. The molecule has 1 heterocycles. The minimum atomic E-state index is -0.722. The first kappa shape index (κ1) is 19.3. The van der Waals surface area contributed by atoms with Crippen molar-refractivity contribution in [3.05, 3.63) is 95.0 Å². The molecule has 0 fully saturated rings. The maximum Gasteiger partial charge on any atom is 0.318 e. The van der Waals surface area contributed by atoms with Crippen LogP contribution in [0.1, 0.15) is 36.6 Å². The zero-order chi connectivity index (χ0) is 20.1. The molecule has 0 saturated carbocycles. The molecule has 0 N–H and O–H groups in total. The summed E-state index contributed by atoms with van der Waals surface area (Å²) >= 11 is 1.45. The Labute approximate surface area is 174 Å². The monoisotopic (exact) mass is 402 g/mol. The molecule has 5 heteroatoms. The molecule has 0 aliphatic heterocycles. The van der Waals surface area contributed by atoms with E-state index < -0.39 is 5.41 Å². The van der Waals surface area contributed by atoms with Crippen molar-refractivity contribution >= 4 is 28.1 Å². The average molecular weight is 403 g/mol. The van der Waals surface area contributed by atoms with E-state index in [9.17, 15) is 4.79 Å². The van der Waals surface area contributed by atoms with Gasteiger partial charge < -0.3 is 4.74 Å². The van der Waals surface area contributed by atoms with Crippen molar-refractivity contribution in [3.63, 3.8) is 0 Å². The molecule has 0 spiro atoms. The van der Waals surface area contributed by atoms with Gasteiger partial charge in [0.15, 0.2) is 0 Å². The Morgan fingerprint density at radius 3 is 2.17 bits per heavy atom. The predicted molar refractivity (Wildman–Crippen MR) is 117 cm³/mol. The molecule has 0 unspecified atom stereocenters. The fourth-order valence-electron chi connectivity index (χ4n) is 3.52. The summed E-state index contributed by atoms with van der Waals surface area (Å²) in [4.78, 5) is 22.3. The molecule has 1 aromatic heterocycles. The Morgan fingerprint density at radius 2 is 1.62 bits per heavy atom. The summed E-state index contributed by atoms with van der Waals surface area (Å²) in [6, 6.07) is 20.2. The van der Waals surface area contributed by atoms with Crippen LogP contribution in [0.15, 0.2) is 83.2 Å². The molecule has 2 aromatic carbocycles. The lowest BCUT2D eigenvalue weighted by atomic mass is 9.82. The van der Waals surface area contributed by atoms with Crippen LogP contribution >= 0.6 is 11.3 Å². The molecule has 0 atom stereocenters. The molecule has 0 bridgehead atoms. The highest BCUT2D eigenvalue weighted by Gasteiger charge is 2.44. The first-order valence-electron chi connectivity index (χ1n) is 9.71. The molecule has 4 nitrogen and oxygen atoms in total. The van der Waals surface area contributed by atoms with Crippen LogP contribution in [0.5, 0.6) is 0 Å². The average Bonchev–Trinajstić information content (AvgIpc) is 3.44. The Balaban J connectivity index is 1.74. The molecule has 0 radical (unpaired) electrons. The van der Waals surface area contributed by atoms with Gasteiger partial charge in [-0.2, -0.15) is 0 Å². The largest absolute Gasteiger partial charge is 0.465 e. The van der Waals surface area contributed by atoms with E-state index in [0.29, 0.717) is 24.6 Å². The number of esters is 1. The van der Waals surface area contributed by atoms with Gasteiger partial charge in [-0.05, 0) is 19.8 Å². The van der Waals surface area contributed by atoms with E-state index in [-0.39, 0.29) is 5.97 Å². The van der Waals surface area contributed by atoms with Gasteiger partial charge >= 0.3 is 5.97 Å². The van der Waals surface area contributed by atoms with Crippen LogP contribution in [-0.2, 0) is 14.9 Å². The lowest BCUT2D eigenvalue weighted by Gasteiger charge is -2.24. The minimum absolute atomic E-state index is 0.211. The van der Waals surface area contributed by atoms with Crippen molar-refractivity contribution in [2.75, 3.05) is 6.61 Å². The van der Waals surface area contributed by atoms with Gasteiger partial charge in [0, 0.05) is 16.5 Å². The van der Waals surface area contributed by atoms with Crippen LogP contribution in [0.25, 0.3) is 0 Å². The van der Waals surface area contributed by atoms with E-state index in [4.69, 9.17) is 14.7 Å². The summed E-state index contributed by atoms with van der Waals surface area (Å²) < 4.78 is 5.36. The summed E-state index contributed by atoms with van der Waals surface area (Å²) in [5.41, 5.74) is 2.93. The number of aliphatic imine (C=N–C) groups is 1. The number of benzene rings is 2. The predicted octanol–water partition coefficient (Wildman–Crippen LogP) is 5.46. The van der Waals surface area contributed by atoms with E-state index in [1.165, 1.54) is 11.3 Å². The molecular formula is C24H22N2O2S. The van der Waals surface area contributed by atoms with Crippen molar-refractivity contribution in [2.45, 2.75) is 25.2 Å². The Morgan fingerprint density at radius 1 is 1.03 bits per heavy atom. The summed E-state index contributed by atoms with van der Waals surface area (Å²) in [5, 5.41) is 2.58. The number of thiazole rings is 1. The van der Waals surface area contributed by atoms with Crippen LogP contribution < -0.4 is 0 Å². The highest BCUT2D eigenvalue weighted by Crippen LogP contribution is 2.40. The minimum Gasteiger partial charge on any atom is -0.465 e. The van der Waals surface area contributed by atoms with Crippen LogP contribution in [0.4, 0.5) is 5.13 Å². The van der Waals surface area contributed by atoms with Gasteiger partial charge in [0.2, 0.25) is 5.13 Å². The number of nitrogens with zero attached hydrogens (tertiary/aromatic N) is 2. The number of carbonyl (C=O) groups excluding carboxylic acids is 1. The van der Waals surface area contributed by atoms with E-state index >= 15 is 0 Å². The van der Waals surface area contributed by atoms with Gasteiger partial charge in [-0.1, -0.05) is 72.8 Å². The van der Waals surface area contributed by atoms with E-state index in [1.807, 2.05) is 85.1 Å². The summed E-state index contributed by atoms with van der Waals surface area (Å²) in [6.45, 7) is 2.19. The van der Waals surface area contributed by atoms with Gasteiger partial charge in [0.05, 0.1) is 18.0 Å². The summed E-state index contributed by atoms with van der Waals surface area (Å²) in [7, 11) is 0. The van der Waals surface area contributed by atoms with Crippen molar-refractivity contribution < 1.29 is 9.53 Å². The second-order valence-corrected chi connectivity index (χ2v) is 7.73. The number of rotatable bonds is 6. The summed E-state index contributed by atoms with van der Waals surface area (Å²) in [5.74, 6) is -0.211. The van der Waals surface area contributed by atoms with E-state index in [1.54, 1.807) is 0 Å². The molecular weight excluding hydrogens is 380 g/mol. The molecule has 1 aliphatic carbocycles.